The molecule has 0 radical (unpaired) electrons. The summed E-state index contributed by atoms with van der Waals surface area (Å²) in [5.74, 6) is -0.356. The molecule has 1 aliphatic rings. The fraction of sp³-hybridized carbons (Fsp3) is 0.909. The quantitative estimate of drug-likeness (QED) is 0.426. The molecule has 0 bridgehead atoms. The van der Waals surface area contributed by atoms with Crippen molar-refractivity contribution in [1.29, 1.82) is 0 Å². The number of Topliss-reactive ketones (excluding diaryl/α,β-unsaturated/α-hetero) is 1. The summed E-state index contributed by atoms with van der Waals surface area (Å²) in [6.45, 7) is 0. The second-order valence-electron chi connectivity index (χ2n) is 4.64. The maximum Gasteiger partial charge on any atom is 1.00 e. The Morgan fingerprint density at radius 2 is 1.89 bits per heavy atom. The Morgan fingerprint density at radius 1 is 1.37 bits per heavy atom. The minimum atomic E-state index is -4.80. The molecule has 2 atom stereocenters. The molecule has 1 N–H and O–H groups in total. The third kappa shape index (κ3) is 6.20. The Hall–Kier alpha value is 0.500. The van der Waals surface area contributed by atoms with E-state index in [1.807, 2.05) is 0 Å². The van der Waals surface area contributed by atoms with Crippen molar-refractivity contribution in [1.82, 2.24) is 0 Å². The van der Waals surface area contributed by atoms with Gasteiger partial charge in [0.15, 0.2) is 5.78 Å². The summed E-state index contributed by atoms with van der Waals surface area (Å²) in [5, 5.41) is 9.20. The van der Waals surface area contributed by atoms with Crippen molar-refractivity contribution in [3.63, 3.8) is 0 Å². The average Bonchev–Trinajstić information content (AvgIpc) is 2.34. The van der Waals surface area contributed by atoms with Gasteiger partial charge in [-0.3, -0.25) is 4.79 Å². The molecule has 1 rings (SSSR count). The molecule has 1 fully saturated rings. The molecule has 0 spiro atoms. The van der Waals surface area contributed by atoms with Gasteiger partial charge in [-0.25, -0.2) is 8.42 Å². The number of aliphatic hydroxyl groups is 1. The van der Waals surface area contributed by atoms with E-state index in [0.717, 1.165) is 32.1 Å². The minimum absolute atomic E-state index is 0. The third-order valence-electron chi connectivity index (χ3n) is 3.36. The summed E-state index contributed by atoms with van der Waals surface area (Å²) in [4.78, 5) is 12.1. The zero-order valence-electron chi connectivity index (χ0n) is 11.4. The number of hydrogen-bond acceptors (Lipinski definition) is 6. The van der Waals surface area contributed by atoms with Crippen LogP contribution in [0.2, 0.25) is 0 Å². The van der Waals surface area contributed by atoms with E-state index in [1.165, 1.54) is 7.11 Å². The average molecular weight is 302 g/mol. The van der Waals surface area contributed by atoms with Crippen LogP contribution in [0.5, 0.6) is 0 Å². The third-order valence-corrected chi connectivity index (χ3v) is 4.22. The number of methoxy groups -OCH3 is 1. The van der Waals surface area contributed by atoms with Gasteiger partial charge >= 0.3 is 29.6 Å². The number of rotatable bonds is 6. The Bertz CT molecular complexity index is 377. The van der Waals surface area contributed by atoms with Gasteiger partial charge in [0.1, 0.15) is 21.7 Å². The number of ketones is 1. The van der Waals surface area contributed by atoms with Crippen molar-refractivity contribution in [2.75, 3.05) is 7.11 Å². The molecular formula is C11H19NaO6S. The van der Waals surface area contributed by atoms with E-state index < -0.39 is 28.1 Å². The molecule has 6 nitrogen and oxygen atoms in total. The standard InChI is InChI=1S/C11H20O6S.Na/c1-17-9(7-10(12)18(14,15)16)11(13)8-5-3-2-4-6-8;/h8-10,12H,2-7H2,1H3,(H,14,15,16);/q;+1/p-1/t9-,10-;/m0./s1. The van der Waals surface area contributed by atoms with Crippen LogP contribution in [0.15, 0.2) is 0 Å². The summed E-state index contributed by atoms with van der Waals surface area (Å²) >= 11 is 0. The predicted octanol–water partition coefficient (Wildman–Crippen LogP) is -2.59. The summed E-state index contributed by atoms with van der Waals surface area (Å²) in [6.07, 6.45) is 3.05. The Balaban J connectivity index is 0.00000324. The van der Waals surface area contributed by atoms with E-state index in [0.29, 0.717) is 0 Å². The molecule has 106 valence electrons. The largest absolute Gasteiger partial charge is 1.00 e. The van der Waals surface area contributed by atoms with Crippen molar-refractivity contribution in [2.24, 2.45) is 5.92 Å². The number of carbonyl (C=O) groups is 1. The van der Waals surface area contributed by atoms with E-state index in [9.17, 15) is 22.9 Å². The fourth-order valence-electron chi connectivity index (χ4n) is 2.28. The van der Waals surface area contributed by atoms with Crippen LogP contribution in [0.4, 0.5) is 0 Å². The Kier molecular flexibility index (Phi) is 8.94. The minimum Gasteiger partial charge on any atom is -0.746 e. The molecule has 8 heteroatoms. The maximum absolute atomic E-state index is 12.1. The molecule has 0 amide bonds. The van der Waals surface area contributed by atoms with E-state index in [4.69, 9.17) is 4.74 Å². The second-order valence-corrected chi connectivity index (χ2v) is 6.17. The topological polar surface area (TPSA) is 104 Å². The van der Waals surface area contributed by atoms with Crippen LogP contribution >= 0.6 is 0 Å². The van der Waals surface area contributed by atoms with Crippen molar-refractivity contribution in [3.8, 4) is 0 Å². The van der Waals surface area contributed by atoms with Gasteiger partial charge in [-0.05, 0) is 12.8 Å². The molecule has 0 heterocycles. The molecule has 0 aromatic carbocycles. The van der Waals surface area contributed by atoms with Crippen molar-refractivity contribution in [2.45, 2.75) is 50.1 Å². The molecule has 0 aromatic heterocycles. The summed E-state index contributed by atoms with van der Waals surface area (Å²) in [6, 6.07) is 0. The smallest absolute Gasteiger partial charge is 0.746 e. The van der Waals surface area contributed by atoms with Gasteiger partial charge in [0.05, 0.1) is 0 Å². The van der Waals surface area contributed by atoms with E-state index in [-0.39, 0.29) is 41.3 Å². The van der Waals surface area contributed by atoms with Crippen LogP contribution in [0.1, 0.15) is 38.5 Å². The second kappa shape index (κ2) is 8.71. The van der Waals surface area contributed by atoms with Crippen molar-refractivity contribution in [3.05, 3.63) is 0 Å². The first-order valence-corrected chi connectivity index (χ1v) is 7.52. The molecule has 1 aliphatic carbocycles. The molecule has 0 saturated heterocycles. The van der Waals surface area contributed by atoms with E-state index in [2.05, 4.69) is 0 Å². The zero-order valence-corrected chi connectivity index (χ0v) is 14.2. The van der Waals surface area contributed by atoms with Crippen LogP contribution in [-0.4, -0.2) is 42.5 Å². The normalized spacial score (nSPS) is 20.4. The molecule has 1 saturated carbocycles. The van der Waals surface area contributed by atoms with Crippen LogP contribution in [0.3, 0.4) is 0 Å². The number of hydrogen-bond donors (Lipinski definition) is 1. The first-order valence-electron chi connectivity index (χ1n) is 6.05. The van der Waals surface area contributed by atoms with Crippen LogP contribution in [-0.2, 0) is 19.6 Å². The zero-order chi connectivity index (χ0) is 13.8. The summed E-state index contributed by atoms with van der Waals surface area (Å²) in [5.41, 5.74) is -2.09. The van der Waals surface area contributed by atoms with Gasteiger partial charge in [0, 0.05) is 19.4 Å². The van der Waals surface area contributed by atoms with Crippen molar-refractivity contribution >= 4 is 15.9 Å². The van der Waals surface area contributed by atoms with Crippen LogP contribution in [0, 0.1) is 5.92 Å². The number of aliphatic hydroxyl groups excluding tert-OH is 1. The van der Waals surface area contributed by atoms with E-state index >= 15 is 0 Å². The fourth-order valence-corrected chi connectivity index (χ4v) is 2.69. The first kappa shape index (κ1) is 19.5. The maximum atomic E-state index is 12.1. The van der Waals surface area contributed by atoms with Gasteiger partial charge in [-0.1, -0.05) is 19.3 Å². The van der Waals surface area contributed by atoms with Gasteiger partial charge in [-0.15, -0.1) is 0 Å². The predicted molar refractivity (Wildman–Crippen MR) is 62.7 cm³/mol. The summed E-state index contributed by atoms with van der Waals surface area (Å²) in [7, 11) is -3.53. The molecule has 0 unspecified atom stereocenters. The number of ether oxygens (including phenoxy) is 1. The molecule has 0 aliphatic heterocycles. The Labute approximate surface area is 135 Å². The van der Waals surface area contributed by atoms with Gasteiger partial charge < -0.3 is 14.4 Å². The molecule has 19 heavy (non-hydrogen) atoms. The van der Waals surface area contributed by atoms with Gasteiger partial charge in [0.2, 0.25) is 0 Å². The summed E-state index contributed by atoms with van der Waals surface area (Å²) < 4.78 is 36.7. The monoisotopic (exact) mass is 302 g/mol. The van der Waals surface area contributed by atoms with Crippen LogP contribution in [0.25, 0.3) is 0 Å². The molecular weight excluding hydrogens is 283 g/mol. The SMILES string of the molecule is CO[C@@H](C[C@@H](O)S(=O)(=O)[O-])C(=O)C1CCCCC1.[Na+]. The number of carbonyl (C=O) groups excluding carboxylic acids is 1. The Morgan fingerprint density at radius 3 is 2.32 bits per heavy atom. The first-order chi connectivity index (χ1) is 8.36. The van der Waals surface area contributed by atoms with E-state index in [1.54, 1.807) is 0 Å². The molecule has 0 aromatic rings. The van der Waals surface area contributed by atoms with Crippen molar-refractivity contribution < 1.29 is 57.2 Å². The van der Waals surface area contributed by atoms with Gasteiger partial charge in [0.25, 0.3) is 0 Å². The van der Waals surface area contributed by atoms with Gasteiger partial charge in [-0.2, -0.15) is 0 Å². The van der Waals surface area contributed by atoms with Crippen LogP contribution < -0.4 is 29.6 Å².